The standard InChI is InChI=1S/C7H14BF3N.K/c1-2-5-12(7-3-4-7)6-8(9,10)11;/h7H,2-6H2,1H3;/q-1;+1. The van der Waals surface area contributed by atoms with Gasteiger partial charge in [0.15, 0.2) is 0 Å². The number of hydrogen-bond donors (Lipinski definition) is 0. The molecule has 72 valence electrons. The Morgan fingerprint density at radius 2 is 1.85 bits per heavy atom. The summed E-state index contributed by atoms with van der Waals surface area (Å²) < 4.78 is 36.1. The SMILES string of the molecule is CCCN(C[B-](F)(F)F)C1CC1.[K+]. The van der Waals surface area contributed by atoms with E-state index < -0.39 is 13.4 Å². The molecule has 13 heavy (non-hydrogen) atoms. The van der Waals surface area contributed by atoms with E-state index in [1.54, 1.807) is 4.90 Å². The minimum atomic E-state index is -4.63. The molecule has 0 aromatic carbocycles. The second-order valence-electron chi connectivity index (χ2n) is 3.44. The predicted octanol–water partition coefficient (Wildman–Crippen LogP) is -0.749. The zero-order valence-electron chi connectivity index (χ0n) is 8.27. The Hall–Kier alpha value is 1.45. The van der Waals surface area contributed by atoms with Crippen LogP contribution in [0.2, 0.25) is 0 Å². The molecule has 0 amide bonds. The summed E-state index contributed by atoms with van der Waals surface area (Å²) in [4.78, 5) is 1.57. The molecule has 0 aliphatic heterocycles. The second kappa shape index (κ2) is 6.13. The normalized spacial score (nSPS) is 17.3. The molecule has 1 saturated carbocycles. The topological polar surface area (TPSA) is 3.24 Å². The zero-order valence-corrected chi connectivity index (χ0v) is 11.4. The van der Waals surface area contributed by atoms with Crippen LogP contribution in [0.4, 0.5) is 12.9 Å². The van der Waals surface area contributed by atoms with Crippen molar-refractivity contribution >= 4 is 6.98 Å². The van der Waals surface area contributed by atoms with Crippen molar-refractivity contribution in [2.75, 3.05) is 13.0 Å². The molecule has 1 nitrogen and oxygen atoms in total. The van der Waals surface area contributed by atoms with E-state index >= 15 is 0 Å². The summed E-state index contributed by atoms with van der Waals surface area (Å²) in [5.41, 5.74) is 0. The maximum atomic E-state index is 12.0. The van der Waals surface area contributed by atoms with Gasteiger partial charge in [0.1, 0.15) is 0 Å². The third-order valence-electron chi connectivity index (χ3n) is 2.02. The van der Waals surface area contributed by atoms with Crippen LogP contribution in [0.5, 0.6) is 0 Å². The molecule has 0 bridgehead atoms. The van der Waals surface area contributed by atoms with Crippen molar-refractivity contribution < 1.29 is 64.3 Å². The summed E-state index contributed by atoms with van der Waals surface area (Å²) in [6.45, 7) is -2.12. The molecule has 0 aromatic rings. The maximum absolute atomic E-state index is 12.0. The van der Waals surface area contributed by atoms with Crippen molar-refractivity contribution in [3.05, 3.63) is 0 Å². The van der Waals surface area contributed by atoms with E-state index in [2.05, 4.69) is 0 Å². The second-order valence-corrected chi connectivity index (χ2v) is 3.44. The van der Waals surface area contributed by atoms with Gasteiger partial charge in [0.05, 0.1) is 0 Å². The van der Waals surface area contributed by atoms with E-state index in [1.807, 2.05) is 6.92 Å². The minimum absolute atomic E-state index is 0. The van der Waals surface area contributed by atoms with Crippen LogP contribution in [-0.4, -0.2) is 30.9 Å². The van der Waals surface area contributed by atoms with Gasteiger partial charge in [-0.25, -0.2) is 0 Å². The van der Waals surface area contributed by atoms with Gasteiger partial charge in [-0.2, -0.15) is 0 Å². The van der Waals surface area contributed by atoms with Crippen molar-refractivity contribution in [2.24, 2.45) is 0 Å². The Kier molecular flexibility index (Phi) is 6.81. The molecule has 0 radical (unpaired) electrons. The van der Waals surface area contributed by atoms with Crippen molar-refractivity contribution in [1.29, 1.82) is 0 Å². The fourth-order valence-corrected chi connectivity index (χ4v) is 1.42. The van der Waals surface area contributed by atoms with E-state index in [-0.39, 0.29) is 57.4 Å². The van der Waals surface area contributed by atoms with E-state index in [9.17, 15) is 12.9 Å². The molecule has 1 aliphatic carbocycles. The van der Waals surface area contributed by atoms with Gasteiger partial charge in [-0.05, 0) is 32.3 Å². The number of hydrogen-bond acceptors (Lipinski definition) is 1. The van der Waals surface area contributed by atoms with Crippen LogP contribution in [-0.2, 0) is 0 Å². The summed E-state index contributed by atoms with van der Waals surface area (Å²) >= 11 is 0. The third-order valence-corrected chi connectivity index (χ3v) is 2.02. The Labute approximate surface area is 120 Å². The molecule has 0 aromatic heterocycles. The molecule has 1 fully saturated rings. The third kappa shape index (κ3) is 6.52. The van der Waals surface area contributed by atoms with Crippen molar-refractivity contribution in [3.63, 3.8) is 0 Å². The van der Waals surface area contributed by atoms with Crippen LogP contribution in [0.3, 0.4) is 0 Å². The van der Waals surface area contributed by atoms with Crippen LogP contribution in [0.25, 0.3) is 0 Å². The smallest absolute Gasteiger partial charge is 0.448 e. The Bertz CT molecular complexity index is 149. The van der Waals surface area contributed by atoms with Crippen LogP contribution < -0.4 is 51.4 Å². The molecule has 1 aliphatic rings. The van der Waals surface area contributed by atoms with Crippen LogP contribution in [0.15, 0.2) is 0 Å². The summed E-state index contributed by atoms with van der Waals surface area (Å²) in [7, 11) is 0. The predicted molar refractivity (Wildman–Crippen MR) is 44.0 cm³/mol. The molecule has 0 N–H and O–H groups in total. The molecule has 0 atom stereocenters. The molecular formula is C7H14BF3KN. The first-order valence-corrected chi connectivity index (χ1v) is 4.48. The maximum Gasteiger partial charge on any atom is 1.00 e. The zero-order chi connectivity index (χ0) is 9.19. The first-order chi connectivity index (χ1) is 5.53. The molecule has 0 heterocycles. The molecule has 0 saturated heterocycles. The van der Waals surface area contributed by atoms with Crippen LogP contribution in [0.1, 0.15) is 26.2 Å². The Morgan fingerprint density at radius 3 is 2.15 bits per heavy atom. The molecule has 0 spiro atoms. The molecule has 0 unspecified atom stereocenters. The fourth-order valence-electron chi connectivity index (χ4n) is 1.42. The molecule has 6 heteroatoms. The molecular weight excluding hydrogens is 205 g/mol. The van der Waals surface area contributed by atoms with Gasteiger partial charge < -0.3 is 17.8 Å². The first kappa shape index (κ1) is 14.5. The van der Waals surface area contributed by atoms with E-state index in [0.717, 1.165) is 19.3 Å². The van der Waals surface area contributed by atoms with Crippen LogP contribution >= 0.6 is 0 Å². The summed E-state index contributed by atoms with van der Waals surface area (Å²) in [6.07, 6.45) is 2.04. The van der Waals surface area contributed by atoms with Gasteiger partial charge in [-0.3, -0.25) is 0 Å². The summed E-state index contributed by atoms with van der Waals surface area (Å²) in [5, 5.41) is 0. The summed E-state index contributed by atoms with van der Waals surface area (Å²) in [5.74, 6) is 0. The molecule has 1 rings (SSSR count). The van der Waals surface area contributed by atoms with E-state index in [1.165, 1.54) is 0 Å². The fraction of sp³-hybridized carbons (Fsp3) is 1.00. The van der Waals surface area contributed by atoms with Gasteiger partial charge in [0.25, 0.3) is 0 Å². The quantitative estimate of drug-likeness (QED) is 0.550. The first-order valence-electron chi connectivity index (χ1n) is 4.48. The van der Waals surface area contributed by atoms with Crippen molar-refractivity contribution in [3.8, 4) is 0 Å². The van der Waals surface area contributed by atoms with Gasteiger partial charge in [-0.15, -0.1) is 0 Å². The number of halogens is 3. The average Bonchev–Trinajstić information content (AvgIpc) is 2.63. The van der Waals surface area contributed by atoms with Gasteiger partial charge in [0.2, 0.25) is 0 Å². The monoisotopic (exact) mass is 219 g/mol. The van der Waals surface area contributed by atoms with E-state index in [0.29, 0.717) is 6.54 Å². The van der Waals surface area contributed by atoms with Crippen molar-refractivity contribution in [1.82, 2.24) is 4.90 Å². The Morgan fingerprint density at radius 1 is 1.31 bits per heavy atom. The van der Waals surface area contributed by atoms with E-state index in [4.69, 9.17) is 0 Å². The van der Waals surface area contributed by atoms with Crippen molar-refractivity contribution in [2.45, 2.75) is 32.2 Å². The van der Waals surface area contributed by atoms with Gasteiger partial charge >= 0.3 is 58.4 Å². The van der Waals surface area contributed by atoms with Crippen LogP contribution in [0, 0.1) is 0 Å². The number of rotatable bonds is 5. The summed E-state index contributed by atoms with van der Waals surface area (Å²) in [6, 6.07) is 0.230. The number of nitrogens with zero attached hydrogens (tertiary/aromatic N) is 1. The largest absolute Gasteiger partial charge is 1.00 e. The Balaban J connectivity index is 0.00000144. The van der Waals surface area contributed by atoms with Gasteiger partial charge in [0, 0.05) is 6.04 Å². The average molecular weight is 219 g/mol. The minimum Gasteiger partial charge on any atom is -0.448 e. The van der Waals surface area contributed by atoms with Gasteiger partial charge in [-0.1, -0.05) is 6.92 Å².